The number of carbonyl (C=O) groups is 1. The van der Waals surface area contributed by atoms with Gasteiger partial charge in [-0.3, -0.25) is 4.79 Å². The summed E-state index contributed by atoms with van der Waals surface area (Å²) in [6.45, 7) is 1.38. The van der Waals surface area contributed by atoms with Gasteiger partial charge in [-0.2, -0.15) is 0 Å². The van der Waals surface area contributed by atoms with Gasteiger partial charge in [0.1, 0.15) is 5.82 Å². The summed E-state index contributed by atoms with van der Waals surface area (Å²) in [5, 5.41) is 8.51. The summed E-state index contributed by atoms with van der Waals surface area (Å²) in [5.74, 6) is -6.50. The summed E-state index contributed by atoms with van der Waals surface area (Å²) in [6, 6.07) is 1.72. The van der Waals surface area contributed by atoms with Crippen LogP contribution in [0.3, 0.4) is 0 Å². The number of benzene rings is 1. The maximum absolute atomic E-state index is 13.9. The Morgan fingerprint density at radius 1 is 1.53 bits per heavy atom. The second-order valence-corrected chi connectivity index (χ2v) is 5.62. The number of hydrogen-bond donors (Lipinski definition) is 1. The number of carboxylic acids is 1. The largest absolute Gasteiger partial charge is 0.481 e. The number of aliphatic carboxylic acids is 1. The molecular weight excluding hydrogens is 348 g/mol. The van der Waals surface area contributed by atoms with Crippen LogP contribution in [0.15, 0.2) is 16.6 Å². The number of carboxylic acid groups (broad SMARTS) is 1. The molecule has 19 heavy (non-hydrogen) atoms. The fourth-order valence-electron chi connectivity index (χ4n) is 1.72. The molecule has 0 heterocycles. The van der Waals surface area contributed by atoms with Gasteiger partial charge < -0.3 is 5.11 Å². The standard InChI is InChI=1S/C12H11BrClF3O2/c1-6(2-11(18)19)5-12(16,17)7-3-9(14)8(13)4-10(7)15/h3-4,6H,2,5H2,1H3,(H,18,19). The van der Waals surface area contributed by atoms with Crippen LogP contribution in [0.5, 0.6) is 0 Å². The molecule has 2 nitrogen and oxygen atoms in total. The van der Waals surface area contributed by atoms with Crippen molar-refractivity contribution in [2.24, 2.45) is 5.92 Å². The van der Waals surface area contributed by atoms with Crippen LogP contribution in [-0.4, -0.2) is 11.1 Å². The normalized spacial score (nSPS) is 13.4. The molecule has 1 atom stereocenters. The minimum Gasteiger partial charge on any atom is -0.481 e. The van der Waals surface area contributed by atoms with Crippen molar-refractivity contribution in [2.75, 3.05) is 0 Å². The highest BCUT2D eigenvalue weighted by Gasteiger charge is 2.37. The van der Waals surface area contributed by atoms with E-state index in [-0.39, 0.29) is 9.50 Å². The van der Waals surface area contributed by atoms with Crippen LogP contribution in [0.25, 0.3) is 0 Å². The van der Waals surface area contributed by atoms with Crippen LogP contribution in [0, 0.1) is 11.7 Å². The van der Waals surface area contributed by atoms with E-state index < -0.39 is 42.0 Å². The Balaban J connectivity index is 2.99. The number of rotatable bonds is 5. The topological polar surface area (TPSA) is 37.3 Å². The molecule has 0 saturated carbocycles. The second-order valence-electron chi connectivity index (χ2n) is 4.36. The summed E-state index contributed by atoms with van der Waals surface area (Å²) in [6.07, 6.45) is -1.16. The first kappa shape index (κ1) is 16.3. The quantitative estimate of drug-likeness (QED) is 0.764. The van der Waals surface area contributed by atoms with E-state index >= 15 is 0 Å². The maximum atomic E-state index is 13.9. The van der Waals surface area contributed by atoms with Crippen LogP contribution < -0.4 is 0 Å². The van der Waals surface area contributed by atoms with Gasteiger partial charge in [0.2, 0.25) is 0 Å². The van der Waals surface area contributed by atoms with Crippen molar-refractivity contribution in [2.45, 2.75) is 25.7 Å². The predicted octanol–water partition coefficient (Wildman–Crippen LogP) is 4.83. The lowest BCUT2D eigenvalue weighted by atomic mass is 9.94. The highest BCUT2D eigenvalue weighted by Crippen LogP contribution is 2.39. The van der Waals surface area contributed by atoms with Gasteiger partial charge in [0.15, 0.2) is 0 Å². The lowest BCUT2D eigenvalue weighted by Crippen LogP contribution is -2.20. The molecule has 0 amide bonds. The minimum atomic E-state index is -3.47. The molecule has 7 heteroatoms. The monoisotopic (exact) mass is 358 g/mol. The van der Waals surface area contributed by atoms with E-state index in [1.807, 2.05) is 0 Å². The zero-order chi connectivity index (χ0) is 14.8. The molecule has 0 saturated heterocycles. The van der Waals surface area contributed by atoms with E-state index in [0.29, 0.717) is 0 Å². The molecule has 1 rings (SSSR count). The summed E-state index contributed by atoms with van der Waals surface area (Å²) in [4.78, 5) is 10.5. The Morgan fingerprint density at radius 3 is 2.63 bits per heavy atom. The van der Waals surface area contributed by atoms with E-state index in [1.54, 1.807) is 0 Å². The van der Waals surface area contributed by atoms with Gasteiger partial charge in [0, 0.05) is 17.3 Å². The van der Waals surface area contributed by atoms with Gasteiger partial charge in [0.05, 0.1) is 10.6 Å². The van der Waals surface area contributed by atoms with Crippen molar-refractivity contribution in [1.82, 2.24) is 0 Å². The molecule has 0 radical (unpaired) electrons. The molecule has 0 aliphatic heterocycles. The molecule has 0 spiro atoms. The molecule has 0 bridgehead atoms. The fraction of sp³-hybridized carbons (Fsp3) is 0.417. The van der Waals surface area contributed by atoms with Crippen LogP contribution in [0.1, 0.15) is 25.3 Å². The van der Waals surface area contributed by atoms with Crippen molar-refractivity contribution in [1.29, 1.82) is 0 Å². The summed E-state index contributed by atoms with van der Waals surface area (Å²) < 4.78 is 41.6. The average molecular weight is 360 g/mol. The fourth-order valence-corrected chi connectivity index (χ4v) is 2.20. The van der Waals surface area contributed by atoms with E-state index in [2.05, 4.69) is 15.9 Å². The Morgan fingerprint density at radius 2 is 2.11 bits per heavy atom. The van der Waals surface area contributed by atoms with Crippen molar-refractivity contribution in [3.63, 3.8) is 0 Å². The Labute approximate surface area is 121 Å². The van der Waals surface area contributed by atoms with Gasteiger partial charge in [0.25, 0.3) is 5.92 Å². The summed E-state index contributed by atoms with van der Waals surface area (Å²) in [5.41, 5.74) is -0.821. The first-order valence-corrected chi connectivity index (χ1v) is 6.55. The second kappa shape index (κ2) is 6.13. The predicted molar refractivity (Wildman–Crippen MR) is 69.0 cm³/mol. The Hall–Kier alpha value is -0.750. The SMILES string of the molecule is CC(CC(=O)O)CC(F)(F)c1cc(Cl)c(Br)cc1F. The molecule has 0 aliphatic rings. The van der Waals surface area contributed by atoms with Crippen LogP contribution >= 0.6 is 27.5 Å². The Bertz CT molecular complexity index is 494. The van der Waals surface area contributed by atoms with E-state index in [0.717, 1.165) is 12.1 Å². The molecule has 1 unspecified atom stereocenters. The zero-order valence-electron chi connectivity index (χ0n) is 9.89. The third-order valence-corrected chi connectivity index (χ3v) is 3.73. The number of halogens is 5. The molecule has 0 aliphatic carbocycles. The molecule has 1 N–H and O–H groups in total. The van der Waals surface area contributed by atoms with E-state index in [1.165, 1.54) is 6.92 Å². The highest BCUT2D eigenvalue weighted by molar-refractivity contribution is 9.10. The molecule has 0 fully saturated rings. The van der Waals surface area contributed by atoms with Crippen LogP contribution in [-0.2, 0) is 10.7 Å². The summed E-state index contributed by atoms with van der Waals surface area (Å²) >= 11 is 8.61. The maximum Gasteiger partial charge on any atom is 0.303 e. The van der Waals surface area contributed by atoms with Crippen molar-refractivity contribution in [3.05, 3.63) is 33.0 Å². The average Bonchev–Trinajstić information content (AvgIpc) is 2.20. The van der Waals surface area contributed by atoms with Gasteiger partial charge in [-0.15, -0.1) is 0 Å². The molecular formula is C12H11BrClF3O2. The molecule has 1 aromatic rings. The van der Waals surface area contributed by atoms with Gasteiger partial charge in [-0.25, -0.2) is 13.2 Å². The smallest absolute Gasteiger partial charge is 0.303 e. The Kier molecular flexibility index (Phi) is 5.26. The lowest BCUT2D eigenvalue weighted by Gasteiger charge is -2.21. The van der Waals surface area contributed by atoms with Gasteiger partial charge in [-0.1, -0.05) is 18.5 Å². The third-order valence-electron chi connectivity index (χ3n) is 2.53. The molecule has 0 aromatic heterocycles. The van der Waals surface area contributed by atoms with Crippen molar-refractivity contribution >= 4 is 33.5 Å². The number of alkyl halides is 2. The number of hydrogen-bond acceptors (Lipinski definition) is 1. The zero-order valence-corrected chi connectivity index (χ0v) is 12.2. The van der Waals surface area contributed by atoms with Crippen LogP contribution in [0.4, 0.5) is 13.2 Å². The van der Waals surface area contributed by atoms with Crippen molar-refractivity contribution < 1.29 is 23.1 Å². The first-order valence-electron chi connectivity index (χ1n) is 5.38. The van der Waals surface area contributed by atoms with E-state index in [4.69, 9.17) is 16.7 Å². The molecule has 106 valence electrons. The van der Waals surface area contributed by atoms with E-state index in [9.17, 15) is 18.0 Å². The van der Waals surface area contributed by atoms with Gasteiger partial charge in [-0.05, 0) is 34.0 Å². The minimum absolute atomic E-state index is 0.0260. The highest BCUT2D eigenvalue weighted by atomic mass is 79.9. The third kappa shape index (κ3) is 4.38. The van der Waals surface area contributed by atoms with Gasteiger partial charge >= 0.3 is 5.97 Å². The van der Waals surface area contributed by atoms with Crippen LogP contribution in [0.2, 0.25) is 5.02 Å². The van der Waals surface area contributed by atoms with Crippen molar-refractivity contribution in [3.8, 4) is 0 Å². The molecule has 1 aromatic carbocycles. The first-order chi connectivity index (χ1) is 8.63. The lowest BCUT2D eigenvalue weighted by molar-refractivity contribution is -0.138. The summed E-state index contributed by atoms with van der Waals surface area (Å²) in [7, 11) is 0.